The lowest BCUT2D eigenvalue weighted by molar-refractivity contribution is 0.340. The Morgan fingerprint density at radius 1 is 1.28 bits per heavy atom. The topological polar surface area (TPSA) is 54.7 Å². The largest absolute Gasteiger partial charge is 0.494 e. The van der Waals surface area contributed by atoms with Gasteiger partial charge in [0.2, 0.25) is 0 Å². The van der Waals surface area contributed by atoms with Gasteiger partial charge in [-0.05, 0) is 44.0 Å². The number of benzene rings is 1. The third-order valence-electron chi connectivity index (χ3n) is 3.72. The molecular formula is C19H29N5O. The van der Waals surface area contributed by atoms with Gasteiger partial charge in [0.1, 0.15) is 5.75 Å². The van der Waals surface area contributed by atoms with E-state index in [0.29, 0.717) is 6.61 Å². The number of aliphatic imine (C=N–C) groups is 1. The van der Waals surface area contributed by atoms with Crippen molar-refractivity contribution in [1.82, 2.24) is 20.0 Å². The van der Waals surface area contributed by atoms with Crippen molar-refractivity contribution in [2.75, 3.05) is 26.7 Å². The lowest BCUT2D eigenvalue weighted by atomic mass is 10.2. The van der Waals surface area contributed by atoms with E-state index in [0.717, 1.165) is 44.3 Å². The smallest absolute Gasteiger partial charge is 0.193 e. The summed E-state index contributed by atoms with van der Waals surface area (Å²) in [5.74, 6) is 1.84. The average molecular weight is 343 g/mol. The molecule has 136 valence electrons. The first-order valence-corrected chi connectivity index (χ1v) is 8.91. The van der Waals surface area contributed by atoms with Crippen molar-refractivity contribution in [3.8, 4) is 5.75 Å². The molecule has 6 heteroatoms. The summed E-state index contributed by atoms with van der Waals surface area (Å²) >= 11 is 0. The molecular weight excluding hydrogens is 314 g/mol. The normalized spacial score (nSPS) is 11.4. The molecule has 0 amide bonds. The molecule has 1 heterocycles. The van der Waals surface area contributed by atoms with Crippen molar-refractivity contribution in [3.63, 3.8) is 0 Å². The Hall–Kier alpha value is -2.50. The Kier molecular flexibility index (Phi) is 7.82. The zero-order chi connectivity index (χ0) is 17.9. The summed E-state index contributed by atoms with van der Waals surface area (Å²) in [6.45, 7) is 8.09. The number of guanidine groups is 1. The van der Waals surface area contributed by atoms with Gasteiger partial charge in [-0.25, -0.2) is 0 Å². The molecule has 1 N–H and O–H groups in total. The van der Waals surface area contributed by atoms with Gasteiger partial charge in [-0.15, -0.1) is 0 Å². The Labute approximate surface area is 150 Å². The average Bonchev–Trinajstić information content (AvgIpc) is 3.13. The number of hydrogen-bond acceptors (Lipinski definition) is 3. The van der Waals surface area contributed by atoms with Crippen LogP contribution < -0.4 is 10.1 Å². The van der Waals surface area contributed by atoms with Crippen LogP contribution in [0.1, 0.15) is 25.8 Å². The summed E-state index contributed by atoms with van der Waals surface area (Å²) in [5.41, 5.74) is 1.23. The fourth-order valence-electron chi connectivity index (χ4n) is 2.53. The zero-order valence-corrected chi connectivity index (χ0v) is 15.5. The predicted molar refractivity (Wildman–Crippen MR) is 102 cm³/mol. The van der Waals surface area contributed by atoms with E-state index in [1.807, 2.05) is 36.0 Å². The summed E-state index contributed by atoms with van der Waals surface area (Å²) in [4.78, 5) is 6.87. The van der Waals surface area contributed by atoms with Crippen LogP contribution in [0.25, 0.3) is 0 Å². The third-order valence-corrected chi connectivity index (χ3v) is 3.72. The van der Waals surface area contributed by atoms with Gasteiger partial charge in [-0.3, -0.25) is 9.67 Å². The minimum atomic E-state index is 0.689. The molecule has 0 fully saturated rings. The predicted octanol–water partition coefficient (Wildman–Crippen LogP) is 2.77. The summed E-state index contributed by atoms with van der Waals surface area (Å²) in [6.07, 6.45) is 4.75. The molecule has 0 atom stereocenters. The molecule has 6 nitrogen and oxygen atoms in total. The number of rotatable bonds is 9. The second-order valence-corrected chi connectivity index (χ2v) is 5.79. The molecule has 2 aromatic rings. The Morgan fingerprint density at radius 2 is 2.08 bits per heavy atom. The number of ether oxygens (including phenoxy) is 1. The van der Waals surface area contributed by atoms with Gasteiger partial charge in [-0.1, -0.05) is 12.1 Å². The molecule has 0 saturated heterocycles. The molecule has 1 aromatic carbocycles. The van der Waals surface area contributed by atoms with Gasteiger partial charge in [-0.2, -0.15) is 5.10 Å². The highest BCUT2D eigenvalue weighted by atomic mass is 16.5. The minimum absolute atomic E-state index is 0.689. The first-order valence-electron chi connectivity index (χ1n) is 8.91. The van der Waals surface area contributed by atoms with E-state index in [2.05, 4.69) is 41.4 Å². The monoisotopic (exact) mass is 343 g/mol. The van der Waals surface area contributed by atoms with Crippen LogP contribution in [0.4, 0.5) is 0 Å². The summed E-state index contributed by atoms with van der Waals surface area (Å²) in [5, 5.41) is 7.57. The van der Waals surface area contributed by atoms with E-state index in [9.17, 15) is 0 Å². The van der Waals surface area contributed by atoms with E-state index in [1.54, 1.807) is 6.20 Å². The van der Waals surface area contributed by atoms with Gasteiger partial charge in [0, 0.05) is 45.6 Å². The van der Waals surface area contributed by atoms with Gasteiger partial charge in [0.25, 0.3) is 0 Å². The Balaban J connectivity index is 1.87. The number of nitrogens with one attached hydrogen (secondary N) is 1. The van der Waals surface area contributed by atoms with Gasteiger partial charge in [0.05, 0.1) is 6.61 Å². The summed E-state index contributed by atoms with van der Waals surface area (Å²) in [7, 11) is 2.06. The second-order valence-electron chi connectivity index (χ2n) is 5.79. The Bertz CT molecular complexity index is 622. The highest BCUT2D eigenvalue weighted by Gasteiger charge is 2.06. The molecule has 1 aromatic heterocycles. The van der Waals surface area contributed by atoms with E-state index in [1.165, 1.54) is 5.56 Å². The van der Waals surface area contributed by atoms with Crippen LogP contribution in [0, 0.1) is 0 Å². The lowest BCUT2D eigenvalue weighted by Gasteiger charge is -2.22. The molecule has 25 heavy (non-hydrogen) atoms. The van der Waals surface area contributed by atoms with E-state index < -0.39 is 0 Å². The number of hydrogen-bond donors (Lipinski definition) is 1. The lowest BCUT2D eigenvalue weighted by Crippen LogP contribution is -2.38. The standard InChI is InChI=1S/C19H29N5O/c1-4-20-19(21-12-6-14-24-15-7-13-22-24)23(3)16-17-8-10-18(11-9-17)25-5-2/h7-11,13,15H,4-6,12,14,16H2,1-3H3,(H,20,21). The first-order chi connectivity index (χ1) is 12.2. The van der Waals surface area contributed by atoms with Gasteiger partial charge >= 0.3 is 0 Å². The summed E-state index contributed by atoms with van der Waals surface area (Å²) in [6, 6.07) is 10.2. The molecule has 0 radical (unpaired) electrons. The van der Waals surface area contributed by atoms with Crippen molar-refractivity contribution in [2.45, 2.75) is 33.4 Å². The highest BCUT2D eigenvalue weighted by Crippen LogP contribution is 2.13. The molecule has 0 unspecified atom stereocenters. The van der Waals surface area contributed by atoms with Crippen LogP contribution in [0.2, 0.25) is 0 Å². The number of aromatic nitrogens is 2. The molecule has 2 rings (SSSR count). The fourth-order valence-corrected chi connectivity index (χ4v) is 2.53. The van der Waals surface area contributed by atoms with Crippen LogP contribution in [-0.4, -0.2) is 47.4 Å². The van der Waals surface area contributed by atoms with Crippen molar-refractivity contribution >= 4 is 5.96 Å². The number of nitrogens with zero attached hydrogens (tertiary/aromatic N) is 4. The number of aryl methyl sites for hydroxylation is 1. The molecule has 0 aliphatic carbocycles. The van der Waals surface area contributed by atoms with Crippen LogP contribution >= 0.6 is 0 Å². The SMILES string of the molecule is CCNC(=NCCCn1cccn1)N(C)Cc1ccc(OCC)cc1. The van der Waals surface area contributed by atoms with Crippen LogP contribution in [0.15, 0.2) is 47.7 Å². The Morgan fingerprint density at radius 3 is 2.72 bits per heavy atom. The fraction of sp³-hybridized carbons (Fsp3) is 0.474. The molecule has 0 bridgehead atoms. The first kappa shape index (κ1) is 18.8. The van der Waals surface area contributed by atoms with Crippen LogP contribution in [0.5, 0.6) is 5.75 Å². The van der Waals surface area contributed by atoms with Crippen molar-refractivity contribution < 1.29 is 4.74 Å². The van der Waals surface area contributed by atoms with Crippen molar-refractivity contribution in [2.24, 2.45) is 4.99 Å². The molecule has 0 aliphatic rings. The van der Waals surface area contributed by atoms with E-state index >= 15 is 0 Å². The highest BCUT2D eigenvalue weighted by molar-refractivity contribution is 5.79. The quantitative estimate of drug-likeness (QED) is 0.432. The van der Waals surface area contributed by atoms with E-state index in [-0.39, 0.29) is 0 Å². The molecule has 0 aliphatic heterocycles. The molecule has 0 spiro atoms. The van der Waals surface area contributed by atoms with Gasteiger partial charge < -0.3 is 15.0 Å². The van der Waals surface area contributed by atoms with Crippen molar-refractivity contribution in [1.29, 1.82) is 0 Å². The van der Waals surface area contributed by atoms with Crippen LogP contribution in [-0.2, 0) is 13.1 Å². The maximum Gasteiger partial charge on any atom is 0.193 e. The van der Waals surface area contributed by atoms with Crippen molar-refractivity contribution in [3.05, 3.63) is 48.3 Å². The molecule has 0 saturated carbocycles. The minimum Gasteiger partial charge on any atom is -0.494 e. The summed E-state index contributed by atoms with van der Waals surface area (Å²) < 4.78 is 7.43. The maximum atomic E-state index is 5.49. The van der Waals surface area contributed by atoms with Gasteiger partial charge in [0.15, 0.2) is 5.96 Å². The second kappa shape index (κ2) is 10.4. The zero-order valence-electron chi connectivity index (χ0n) is 15.5. The van der Waals surface area contributed by atoms with E-state index in [4.69, 9.17) is 9.73 Å². The van der Waals surface area contributed by atoms with Crippen LogP contribution in [0.3, 0.4) is 0 Å². The third kappa shape index (κ3) is 6.49. The maximum absolute atomic E-state index is 5.49.